The van der Waals surface area contributed by atoms with Crippen molar-refractivity contribution in [1.29, 1.82) is 0 Å². The highest BCUT2D eigenvalue weighted by Gasteiger charge is 2.53. The molecule has 7 aliphatic rings. The molecule has 662 valence electrons. The van der Waals surface area contributed by atoms with Crippen LogP contribution in [0.2, 0.25) is 15.1 Å². The lowest BCUT2D eigenvalue weighted by molar-refractivity contribution is -0.331. The number of fused-ring (bicyclic) bond motifs is 15. The number of hydrogen-bond acceptors (Lipinski definition) is 29. The van der Waals surface area contributed by atoms with Gasteiger partial charge in [-0.2, -0.15) is 0 Å². The smallest absolute Gasteiger partial charge is 0.407 e. The second kappa shape index (κ2) is 40.2. The average molecular weight is 1780 g/mol. The normalized spacial score (nSPS) is 25.9. The Morgan fingerprint density at radius 3 is 1.91 bits per heavy atom. The van der Waals surface area contributed by atoms with E-state index in [2.05, 4.69) is 62.3 Å². The van der Waals surface area contributed by atoms with E-state index in [1.165, 1.54) is 56.3 Å². The number of carbonyl (C=O) groups excluding carboxylic acids is 10. The largest absolute Gasteiger partial charge is 0.508 e. The van der Waals surface area contributed by atoms with Gasteiger partial charge >= 0.3 is 18.0 Å². The molecule has 37 nitrogen and oxygen atoms in total. The number of aliphatic hydroxyl groups is 5. The summed E-state index contributed by atoms with van der Waals surface area (Å²) in [5.41, 5.74) is 1.56. The van der Waals surface area contributed by atoms with Crippen LogP contribution in [0.5, 0.6) is 51.7 Å². The SMILES string of the molecule is C=CCOC(=O)C[C@@H](CC(C)C)C(=O)N[C@H]1C(=O)N[C@@H](CC(N)=O)C(=O)N[C@H]2C(=O)NC3C(=O)N[C@H](C(=O)N[C@@H](C(=O)OCC=C)c4cc(O)cc(O)c4-c4cc3ccc4O)[C@H](O)c3ccc(c(Cl)c3)Oc3cc2cc(c3OC2OC(CNCc3cc(Cl)ccc3O)C(O)C(O)C2OC2CC(C)(NC(=O)OCC=C)C(O)C(C)O2)Oc2ccc(cc2Cl)[C@H]1O. The molecule has 7 aliphatic heterocycles. The number of nitrogens with one attached hydrogen (secondary N) is 8. The highest BCUT2D eigenvalue weighted by molar-refractivity contribution is 6.32. The molecular formula is C84H92Cl3N9O28. The molecule has 11 bridgehead atoms. The summed E-state index contributed by atoms with van der Waals surface area (Å²) in [5.74, 6) is -18.7. The van der Waals surface area contributed by atoms with Crippen molar-refractivity contribution in [3.63, 3.8) is 0 Å². The van der Waals surface area contributed by atoms with E-state index in [0.29, 0.717) is 0 Å². The summed E-state index contributed by atoms with van der Waals surface area (Å²) < 4.78 is 55.8. The van der Waals surface area contributed by atoms with Gasteiger partial charge < -0.3 is 137 Å². The highest BCUT2D eigenvalue weighted by Crippen LogP contribution is 2.50. The lowest BCUT2D eigenvalue weighted by Gasteiger charge is -2.48. The molecular weight excluding hydrogens is 1690 g/mol. The molecule has 0 saturated carbocycles. The number of phenolic OH excluding ortho intramolecular Hbond substituents is 4. The maximum atomic E-state index is 16.4. The Morgan fingerprint density at radius 1 is 0.653 bits per heavy atom. The third kappa shape index (κ3) is 21.7. The minimum Gasteiger partial charge on any atom is -0.508 e. The van der Waals surface area contributed by atoms with Crippen molar-refractivity contribution in [3.8, 4) is 62.9 Å². The first-order valence-electron chi connectivity index (χ1n) is 38.8. The molecule has 0 aliphatic carbocycles. The molecule has 18 atom stereocenters. The summed E-state index contributed by atoms with van der Waals surface area (Å²) in [7, 11) is 0. The zero-order valence-corrected chi connectivity index (χ0v) is 69.1. The molecule has 8 amide bonds. The number of benzene rings is 6. The molecule has 124 heavy (non-hydrogen) atoms. The number of rotatable bonds is 24. The number of aromatic hydroxyl groups is 4. The predicted molar refractivity (Wildman–Crippen MR) is 437 cm³/mol. The fourth-order valence-corrected chi connectivity index (χ4v) is 15.4. The second-order valence-electron chi connectivity index (χ2n) is 30.5. The number of esters is 2. The number of nitrogens with two attached hydrogens (primary N) is 1. The van der Waals surface area contributed by atoms with Gasteiger partial charge in [-0.25, -0.2) is 9.59 Å². The summed E-state index contributed by atoms with van der Waals surface area (Å²) >= 11 is 20.8. The van der Waals surface area contributed by atoms with Crippen molar-refractivity contribution in [1.82, 2.24) is 42.5 Å². The van der Waals surface area contributed by atoms with Gasteiger partial charge in [0, 0.05) is 58.8 Å². The van der Waals surface area contributed by atoms with Crippen molar-refractivity contribution < 1.29 is 137 Å². The molecule has 0 spiro atoms. The quantitative estimate of drug-likeness (QED) is 0.0215. The van der Waals surface area contributed by atoms with E-state index in [1.54, 1.807) is 13.8 Å². The number of carbonyl (C=O) groups is 10. The Morgan fingerprint density at radius 2 is 1.27 bits per heavy atom. The van der Waals surface area contributed by atoms with Crippen LogP contribution in [0.15, 0.2) is 135 Å². The van der Waals surface area contributed by atoms with E-state index in [0.717, 1.165) is 72.8 Å². The summed E-state index contributed by atoms with van der Waals surface area (Å²) in [6.07, 6.45) is -18.0. The Kier molecular flexibility index (Phi) is 30.1. The molecule has 6 aromatic carbocycles. The Balaban J connectivity index is 1.16. The van der Waals surface area contributed by atoms with Crippen molar-refractivity contribution >= 4 is 94.2 Å². The number of aliphatic hydroxyl groups excluding tert-OH is 5. The van der Waals surface area contributed by atoms with E-state index in [1.807, 2.05) is 0 Å². The lowest BCUT2D eigenvalue weighted by atomic mass is 9.85. The monoisotopic (exact) mass is 1780 g/mol. The van der Waals surface area contributed by atoms with Gasteiger partial charge in [-0.3, -0.25) is 38.4 Å². The molecule has 7 heterocycles. The predicted octanol–water partition coefficient (Wildman–Crippen LogP) is 5.01. The minimum absolute atomic E-state index is 0.0116. The maximum absolute atomic E-state index is 16.4. The van der Waals surface area contributed by atoms with E-state index in [9.17, 15) is 69.9 Å². The van der Waals surface area contributed by atoms with Crippen LogP contribution in [0.25, 0.3) is 11.1 Å². The Labute approximate surface area is 723 Å². The zero-order valence-electron chi connectivity index (χ0n) is 66.8. The van der Waals surface area contributed by atoms with Gasteiger partial charge in [0.2, 0.25) is 53.4 Å². The lowest BCUT2D eigenvalue weighted by Crippen LogP contribution is -2.66. The van der Waals surface area contributed by atoms with E-state index < -0.39 is 279 Å². The molecule has 0 radical (unpaired) electrons. The van der Waals surface area contributed by atoms with Crippen LogP contribution in [0.1, 0.15) is 117 Å². The number of hydrogen-bond donors (Lipinski definition) is 18. The molecule has 40 heteroatoms. The van der Waals surface area contributed by atoms with Gasteiger partial charge in [-0.15, -0.1) is 0 Å². The topological polar surface area (TPSA) is 558 Å². The summed E-state index contributed by atoms with van der Waals surface area (Å²) in [4.78, 5) is 147. The van der Waals surface area contributed by atoms with E-state index in [4.69, 9.17) is 83.2 Å². The van der Waals surface area contributed by atoms with Crippen LogP contribution in [0.4, 0.5) is 4.79 Å². The minimum atomic E-state index is -2.44. The Bertz CT molecular complexity index is 5120. The van der Waals surface area contributed by atoms with Gasteiger partial charge in [0.05, 0.1) is 34.5 Å². The van der Waals surface area contributed by atoms with E-state index in [-0.39, 0.29) is 65.1 Å². The van der Waals surface area contributed by atoms with Gasteiger partial charge in [0.15, 0.2) is 29.9 Å². The molecule has 19 N–H and O–H groups in total. The first kappa shape index (κ1) is 92.9. The molecule has 13 rings (SSSR count). The van der Waals surface area contributed by atoms with Crippen LogP contribution in [-0.2, 0) is 78.1 Å². The number of alkyl carbamates (subject to hydrolysis) is 1. The number of primary amides is 1. The highest BCUT2D eigenvalue weighted by atomic mass is 35.5. The van der Waals surface area contributed by atoms with Gasteiger partial charge in [0.25, 0.3) is 0 Å². The molecule has 0 aromatic heterocycles. The average Bonchev–Trinajstić information content (AvgIpc) is 0.776. The molecule has 2 fully saturated rings. The number of halogens is 3. The number of amides is 8. The zero-order chi connectivity index (χ0) is 90.0. The van der Waals surface area contributed by atoms with Crippen LogP contribution in [0, 0.1) is 11.8 Å². The van der Waals surface area contributed by atoms with Crippen molar-refractivity contribution in [3.05, 3.63) is 183 Å². The van der Waals surface area contributed by atoms with Crippen molar-refractivity contribution in [2.24, 2.45) is 17.6 Å². The van der Waals surface area contributed by atoms with Crippen LogP contribution < -0.4 is 62.5 Å². The van der Waals surface area contributed by atoms with Gasteiger partial charge in [-0.1, -0.05) is 105 Å². The first-order valence-corrected chi connectivity index (χ1v) is 39.9. The van der Waals surface area contributed by atoms with Crippen LogP contribution in [0.3, 0.4) is 0 Å². The Hall–Kier alpha value is -11.9. The fourth-order valence-electron chi connectivity index (χ4n) is 14.7. The standard InChI is InChI=1S/C84H92Cl3N9O28/c1-8-19-116-60(102)29-42(22-36(4)5)75(108)94-66-68(103)39-12-17-54(48(86)25-39)120-56-27-41-28-57(72(56)124-82-73(123-61-33-84(7,74(107)37(6)119-61)96-83(115)118-21-10-3)71(106)70(105)58(122-82)35-89-34-43-23-44(85)14-16-51(43)98)121-55-18-13-40(26-49(55)87)69(104)67-80(113)93-65(81(114)117-20-9-2)47-30-45(97)31-53(100)62(47)46-24-38(11-15-52(46)99)63(77(110)95-67)92-78(111)64(41)91-76(109)50(32-59(88)101)90-79(66)112/h8-18,23-28,30-31,36-37,42,50,58,61,63-71,73-74,82,89,97-100,103-107H,1-3,19-22,29,32-35H2,4-7H3,(H2,88,101)(H,90,112)(H,91,109)(H,92,111)(H,93,113)(H,94,108)(H,95,110)(H,96,115)/t37?,42-,50+,58?,61?,63?,64-,65-,66-,67+,68-,69-,70?,71?,73?,74?,82?,84?/m1/s1. The fraction of sp³-hybridized carbons (Fsp3) is 0.381. The third-order valence-corrected chi connectivity index (χ3v) is 21.7. The van der Waals surface area contributed by atoms with Crippen molar-refractivity contribution in [2.45, 2.75) is 163 Å². The van der Waals surface area contributed by atoms with Crippen LogP contribution in [-0.4, -0.2) is 205 Å². The van der Waals surface area contributed by atoms with Gasteiger partial charge in [-0.05, 0) is 121 Å². The molecule has 2 saturated heterocycles. The van der Waals surface area contributed by atoms with Gasteiger partial charge in [0.1, 0.15) is 121 Å². The number of ether oxygens (including phenoxy) is 9. The van der Waals surface area contributed by atoms with E-state index >= 15 is 24.0 Å². The second-order valence-corrected chi connectivity index (χ2v) is 31.7. The summed E-state index contributed by atoms with van der Waals surface area (Å²) in [6, 6.07) is 4.20. The molecule has 6 aromatic rings. The maximum Gasteiger partial charge on any atom is 0.407 e. The summed E-state index contributed by atoms with van der Waals surface area (Å²) in [6.45, 7) is 15.4. The third-order valence-electron chi connectivity index (χ3n) is 20.8. The van der Waals surface area contributed by atoms with Crippen LogP contribution >= 0.6 is 34.8 Å². The molecule has 10 unspecified atom stereocenters. The summed E-state index contributed by atoms with van der Waals surface area (Å²) in [5, 5.41) is 127. The first-order chi connectivity index (χ1) is 58.9. The van der Waals surface area contributed by atoms with Crippen molar-refractivity contribution in [2.75, 3.05) is 26.4 Å². The number of phenols is 4.